The van der Waals surface area contributed by atoms with Crippen molar-refractivity contribution in [1.29, 1.82) is 0 Å². The van der Waals surface area contributed by atoms with E-state index in [0.717, 1.165) is 51.8 Å². The average Bonchev–Trinajstić information content (AvgIpc) is 3.23. The van der Waals surface area contributed by atoms with Crippen molar-refractivity contribution in [2.45, 2.75) is 51.7 Å². The zero-order chi connectivity index (χ0) is 16.1. The highest BCUT2D eigenvalue weighted by molar-refractivity contribution is 14.0. The van der Waals surface area contributed by atoms with E-state index in [4.69, 9.17) is 9.73 Å². The number of aliphatic imine (C=N–C) groups is 1. The molecule has 1 aliphatic heterocycles. The summed E-state index contributed by atoms with van der Waals surface area (Å²) in [5.41, 5.74) is 0.426. The van der Waals surface area contributed by atoms with Gasteiger partial charge in [-0.3, -0.25) is 4.99 Å². The van der Waals surface area contributed by atoms with Crippen LogP contribution in [-0.2, 0) is 4.74 Å². The molecule has 23 heavy (non-hydrogen) atoms. The van der Waals surface area contributed by atoms with Crippen LogP contribution in [0.3, 0.4) is 0 Å². The fourth-order valence-electron chi connectivity index (χ4n) is 2.96. The van der Waals surface area contributed by atoms with Crippen molar-refractivity contribution in [2.24, 2.45) is 10.4 Å². The lowest BCUT2D eigenvalue weighted by Crippen LogP contribution is -2.51. The minimum atomic E-state index is 0. The summed E-state index contributed by atoms with van der Waals surface area (Å²) in [4.78, 5) is 7.43. The van der Waals surface area contributed by atoms with Gasteiger partial charge in [-0.15, -0.1) is 24.0 Å². The first-order valence-electron chi connectivity index (χ1n) is 8.75. The fraction of sp³-hybridized carbons (Fsp3) is 0.941. The number of thioether (sulfide) groups is 1. The molecule has 2 aliphatic rings. The Morgan fingerprint density at radius 2 is 2.04 bits per heavy atom. The predicted molar refractivity (Wildman–Crippen MR) is 112 cm³/mol. The van der Waals surface area contributed by atoms with Crippen molar-refractivity contribution in [3.05, 3.63) is 0 Å². The molecule has 0 bridgehead atoms. The lowest BCUT2D eigenvalue weighted by Gasteiger charge is -2.39. The number of guanidine groups is 1. The van der Waals surface area contributed by atoms with Crippen molar-refractivity contribution in [2.75, 3.05) is 45.1 Å². The topological polar surface area (TPSA) is 36.9 Å². The summed E-state index contributed by atoms with van der Waals surface area (Å²) >= 11 is 2.07. The van der Waals surface area contributed by atoms with Gasteiger partial charge < -0.3 is 15.0 Å². The first-order chi connectivity index (χ1) is 10.5. The monoisotopic (exact) mass is 455 g/mol. The van der Waals surface area contributed by atoms with Gasteiger partial charge in [-0.1, -0.05) is 0 Å². The summed E-state index contributed by atoms with van der Waals surface area (Å²) < 4.78 is 5.85. The molecule has 1 saturated heterocycles. The summed E-state index contributed by atoms with van der Waals surface area (Å²) in [7, 11) is 0. The van der Waals surface area contributed by atoms with Crippen LogP contribution >= 0.6 is 35.7 Å². The highest BCUT2D eigenvalue weighted by Crippen LogP contribution is 2.49. The van der Waals surface area contributed by atoms with Crippen LogP contribution in [0, 0.1) is 5.41 Å². The first kappa shape index (κ1) is 21.4. The predicted octanol–water partition coefficient (Wildman–Crippen LogP) is 3.60. The molecule has 2 rings (SSSR count). The number of halogens is 1. The molecule has 0 unspecified atom stereocenters. The summed E-state index contributed by atoms with van der Waals surface area (Å²) in [6, 6.07) is 0. The van der Waals surface area contributed by atoms with Gasteiger partial charge in [0.25, 0.3) is 0 Å². The van der Waals surface area contributed by atoms with Gasteiger partial charge in [-0.2, -0.15) is 11.8 Å². The Kier molecular flexibility index (Phi) is 9.01. The molecule has 0 amide bonds. The first-order valence-corrected chi connectivity index (χ1v) is 9.74. The normalized spacial score (nSPS) is 22.4. The highest BCUT2D eigenvalue weighted by Gasteiger charge is 2.42. The maximum absolute atomic E-state index is 5.53. The standard InChI is InChI=1S/C17H33N3OS.HI/c1-5-18-15(20-10-12-22-16(3,4)14-20)19-13-17(7-8-17)9-11-21-6-2;/h5-14H2,1-4H3,(H,18,19);1H. The Bertz CT molecular complexity index is 386. The number of nitrogens with one attached hydrogen (secondary N) is 1. The van der Waals surface area contributed by atoms with Gasteiger partial charge in [0, 0.05) is 49.9 Å². The van der Waals surface area contributed by atoms with Crippen LogP contribution in [0.1, 0.15) is 47.0 Å². The van der Waals surface area contributed by atoms with E-state index in [-0.39, 0.29) is 24.0 Å². The van der Waals surface area contributed by atoms with Crippen LogP contribution in [0.15, 0.2) is 4.99 Å². The average molecular weight is 455 g/mol. The van der Waals surface area contributed by atoms with Gasteiger partial charge in [0.1, 0.15) is 0 Å². The molecular formula is C17H34IN3OS. The molecule has 136 valence electrons. The van der Waals surface area contributed by atoms with E-state index in [1.165, 1.54) is 18.6 Å². The van der Waals surface area contributed by atoms with E-state index in [2.05, 4.69) is 49.7 Å². The third-order valence-electron chi connectivity index (χ3n) is 4.56. The summed E-state index contributed by atoms with van der Waals surface area (Å²) in [5.74, 6) is 2.30. The quantitative estimate of drug-likeness (QED) is 0.276. The summed E-state index contributed by atoms with van der Waals surface area (Å²) in [6.07, 6.45) is 3.78. The van der Waals surface area contributed by atoms with Gasteiger partial charge in [-0.25, -0.2) is 0 Å². The molecule has 0 aromatic heterocycles. The molecule has 0 atom stereocenters. The Labute approximate surface area is 163 Å². The molecule has 4 nitrogen and oxygen atoms in total. The second kappa shape index (κ2) is 9.70. The molecule has 6 heteroatoms. The lowest BCUT2D eigenvalue weighted by atomic mass is 10.0. The number of rotatable bonds is 7. The van der Waals surface area contributed by atoms with Crippen LogP contribution in [-0.4, -0.2) is 60.8 Å². The summed E-state index contributed by atoms with van der Waals surface area (Å²) in [6.45, 7) is 14.7. The van der Waals surface area contributed by atoms with Crippen LogP contribution in [0.4, 0.5) is 0 Å². The molecule has 1 N–H and O–H groups in total. The van der Waals surface area contributed by atoms with Crippen molar-refractivity contribution in [3.8, 4) is 0 Å². The van der Waals surface area contributed by atoms with Gasteiger partial charge in [0.05, 0.1) is 0 Å². The fourth-order valence-corrected chi connectivity index (χ4v) is 4.07. The van der Waals surface area contributed by atoms with E-state index in [9.17, 15) is 0 Å². The van der Waals surface area contributed by atoms with Crippen molar-refractivity contribution >= 4 is 41.7 Å². The van der Waals surface area contributed by atoms with Gasteiger partial charge in [0.2, 0.25) is 0 Å². The molecular weight excluding hydrogens is 421 g/mol. The minimum Gasteiger partial charge on any atom is -0.382 e. The number of hydrogen-bond donors (Lipinski definition) is 1. The van der Waals surface area contributed by atoms with E-state index >= 15 is 0 Å². The van der Waals surface area contributed by atoms with Crippen molar-refractivity contribution < 1.29 is 4.74 Å². The van der Waals surface area contributed by atoms with E-state index in [1.54, 1.807) is 0 Å². The second-order valence-corrected chi connectivity index (χ2v) is 8.95. The molecule has 0 radical (unpaired) electrons. The van der Waals surface area contributed by atoms with Crippen molar-refractivity contribution in [1.82, 2.24) is 10.2 Å². The number of hydrogen-bond acceptors (Lipinski definition) is 3. The molecule has 1 saturated carbocycles. The van der Waals surface area contributed by atoms with Gasteiger partial charge in [-0.05, 0) is 52.4 Å². The van der Waals surface area contributed by atoms with Gasteiger partial charge in [0.15, 0.2) is 5.96 Å². The Morgan fingerprint density at radius 1 is 1.30 bits per heavy atom. The maximum atomic E-state index is 5.53. The van der Waals surface area contributed by atoms with Crippen LogP contribution in [0.25, 0.3) is 0 Å². The number of ether oxygens (including phenoxy) is 1. The van der Waals surface area contributed by atoms with Crippen LogP contribution in [0.2, 0.25) is 0 Å². The molecule has 0 aromatic rings. The third-order valence-corrected chi connectivity index (χ3v) is 5.86. The van der Waals surface area contributed by atoms with Crippen molar-refractivity contribution in [3.63, 3.8) is 0 Å². The van der Waals surface area contributed by atoms with E-state index < -0.39 is 0 Å². The zero-order valence-corrected chi connectivity index (χ0v) is 18.3. The summed E-state index contributed by atoms with van der Waals surface area (Å²) in [5, 5.41) is 3.49. The Morgan fingerprint density at radius 3 is 2.61 bits per heavy atom. The molecule has 2 fully saturated rings. The Hall–Kier alpha value is 0.310. The van der Waals surface area contributed by atoms with E-state index in [0.29, 0.717) is 10.2 Å². The number of nitrogens with zero attached hydrogens (tertiary/aromatic N) is 2. The SMILES string of the molecule is CCNC(=NCC1(CCOCC)CC1)N1CCSC(C)(C)C1.I. The van der Waals surface area contributed by atoms with E-state index in [1.807, 2.05) is 0 Å². The second-order valence-electron chi connectivity index (χ2n) is 7.15. The minimum absolute atomic E-state index is 0. The molecule has 1 aliphatic carbocycles. The lowest BCUT2D eigenvalue weighted by molar-refractivity contribution is 0.129. The largest absolute Gasteiger partial charge is 0.382 e. The smallest absolute Gasteiger partial charge is 0.194 e. The third kappa shape index (κ3) is 6.98. The molecule has 1 heterocycles. The Balaban J connectivity index is 0.00000264. The van der Waals surface area contributed by atoms with Crippen LogP contribution < -0.4 is 5.32 Å². The van der Waals surface area contributed by atoms with Gasteiger partial charge >= 0.3 is 0 Å². The highest BCUT2D eigenvalue weighted by atomic mass is 127. The zero-order valence-electron chi connectivity index (χ0n) is 15.2. The van der Waals surface area contributed by atoms with Crippen LogP contribution in [0.5, 0.6) is 0 Å². The maximum Gasteiger partial charge on any atom is 0.194 e. The molecule has 0 spiro atoms. The molecule has 0 aromatic carbocycles.